The van der Waals surface area contributed by atoms with Crippen molar-refractivity contribution in [1.82, 2.24) is 0 Å². The van der Waals surface area contributed by atoms with Gasteiger partial charge in [-0.15, -0.1) is 0 Å². The Labute approximate surface area is 120 Å². The summed E-state index contributed by atoms with van der Waals surface area (Å²) in [7, 11) is 1.69. The molecule has 1 aliphatic rings. The Bertz CT molecular complexity index is 485. The highest BCUT2D eigenvalue weighted by molar-refractivity contribution is 5.69. The molecule has 0 saturated carbocycles. The fraction of sp³-hybridized carbons (Fsp3) is 0.562. The SMILES string of the molecule is CCOC(=O)CCCc1ccc(OC)c2c1CC(N)C2. The second-order valence-electron chi connectivity index (χ2n) is 5.21. The van der Waals surface area contributed by atoms with E-state index >= 15 is 0 Å². The number of hydrogen-bond donors (Lipinski definition) is 1. The van der Waals surface area contributed by atoms with E-state index in [1.165, 1.54) is 16.7 Å². The zero-order valence-corrected chi connectivity index (χ0v) is 12.3. The number of hydrogen-bond acceptors (Lipinski definition) is 4. The zero-order valence-electron chi connectivity index (χ0n) is 12.3. The van der Waals surface area contributed by atoms with Gasteiger partial charge in [-0.25, -0.2) is 0 Å². The van der Waals surface area contributed by atoms with Crippen LogP contribution in [0.3, 0.4) is 0 Å². The van der Waals surface area contributed by atoms with Gasteiger partial charge in [-0.3, -0.25) is 4.79 Å². The van der Waals surface area contributed by atoms with Gasteiger partial charge in [0.1, 0.15) is 5.75 Å². The van der Waals surface area contributed by atoms with Gasteiger partial charge in [0, 0.05) is 12.5 Å². The lowest BCUT2D eigenvalue weighted by Crippen LogP contribution is -2.19. The van der Waals surface area contributed by atoms with Crippen molar-refractivity contribution >= 4 is 5.97 Å². The van der Waals surface area contributed by atoms with Crippen LogP contribution in [0.2, 0.25) is 0 Å². The van der Waals surface area contributed by atoms with Gasteiger partial charge in [0.2, 0.25) is 0 Å². The van der Waals surface area contributed by atoms with Crippen molar-refractivity contribution in [3.05, 3.63) is 28.8 Å². The lowest BCUT2D eigenvalue weighted by Gasteiger charge is -2.12. The highest BCUT2D eigenvalue weighted by Gasteiger charge is 2.24. The first-order valence-electron chi connectivity index (χ1n) is 7.24. The summed E-state index contributed by atoms with van der Waals surface area (Å²) in [4.78, 5) is 11.4. The molecular weight excluding hydrogens is 254 g/mol. The Morgan fingerprint density at radius 1 is 1.35 bits per heavy atom. The van der Waals surface area contributed by atoms with Crippen molar-refractivity contribution in [3.63, 3.8) is 0 Å². The second-order valence-corrected chi connectivity index (χ2v) is 5.21. The Kier molecular flexibility index (Phi) is 5.01. The average Bonchev–Trinajstić information content (AvgIpc) is 2.81. The lowest BCUT2D eigenvalue weighted by molar-refractivity contribution is -0.143. The maximum absolute atomic E-state index is 11.4. The summed E-state index contributed by atoms with van der Waals surface area (Å²) in [6.07, 6.45) is 3.96. The van der Waals surface area contributed by atoms with Crippen molar-refractivity contribution in [1.29, 1.82) is 0 Å². The fourth-order valence-electron chi connectivity index (χ4n) is 2.88. The van der Waals surface area contributed by atoms with E-state index in [-0.39, 0.29) is 12.0 Å². The molecule has 0 saturated heterocycles. The number of carbonyl (C=O) groups excluding carboxylic acids is 1. The second kappa shape index (κ2) is 6.75. The molecule has 1 unspecified atom stereocenters. The molecule has 1 aromatic carbocycles. The molecule has 110 valence electrons. The third-order valence-corrected chi connectivity index (χ3v) is 3.77. The number of aryl methyl sites for hydroxylation is 1. The van der Waals surface area contributed by atoms with Crippen molar-refractivity contribution in [2.75, 3.05) is 13.7 Å². The predicted octanol–water partition coefficient (Wildman–Crippen LogP) is 2.01. The Morgan fingerprint density at radius 3 is 2.80 bits per heavy atom. The van der Waals surface area contributed by atoms with Crippen LogP contribution in [-0.2, 0) is 28.8 Å². The number of carbonyl (C=O) groups is 1. The van der Waals surface area contributed by atoms with E-state index in [0.717, 1.165) is 31.4 Å². The molecule has 0 radical (unpaired) electrons. The molecule has 0 aromatic heterocycles. The number of ether oxygens (including phenoxy) is 2. The van der Waals surface area contributed by atoms with E-state index in [2.05, 4.69) is 6.07 Å². The minimum absolute atomic E-state index is 0.116. The van der Waals surface area contributed by atoms with Gasteiger partial charge in [-0.1, -0.05) is 6.07 Å². The topological polar surface area (TPSA) is 61.5 Å². The molecule has 1 atom stereocenters. The van der Waals surface area contributed by atoms with Crippen LogP contribution < -0.4 is 10.5 Å². The van der Waals surface area contributed by atoms with E-state index in [1.807, 2.05) is 13.0 Å². The Hall–Kier alpha value is -1.55. The summed E-state index contributed by atoms with van der Waals surface area (Å²) < 4.78 is 10.4. The van der Waals surface area contributed by atoms with Crippen molar-refractivity contribution in [2.24, 2.45) is 5.73 Å². The fourth-order valence-corrected chi connectivity index (χ4v) is 2.88. The first-order valence-corrected chi connectivity index (χ1v) is 7.24. The van der Waals surface area contributed by atoms with Crippen molar-refractivity contribution < 1.29 is 14.3 Å². The molecule has 0 amide bonds. The van der Waals surface area contributed by atoms with Gasteiger partial charge >= 0.3 is 5.97 Å². The first kappa shape index (κ1) is 14.9. The van der Waals surface area contributed by atoms with E-state index in [0.29, 0.717) is 13.0 Å². The van der Waals surface area contributed by atoms with Crippen LogP contribution in [0.5, 0.6) is 5.75 Å². The molecule has 1 aromatic rings. The maximum atomic E-state index is 11.4. The minimum atomic E-state index is -0.116. The minimum Gasteiger partial charge on any atom is -0.496 e. The summed E-state index contributed by atoms with van der Waals surface area (Å²) in [5.41, 5.74) is 9.92. The zero-order chi connectivity index (χ0) is 14.5. The number of rotatable bonds is 6. The molecule has 0 fully saturated rings. The molecule has 0 spiro atoms. The molecule has 2 rings (SSSR count). The summed E-state index contributed by atoms with van der Waals surface area (Å²) in [6, 6.07) is 4.29. The molecule has 20 heavy (non-hydrogen) atoms. The van der Waals surface area contributed by atoms with Gasteiger partial charge in [-0.05, 0) is 55.4 Å². The van der Waals surface area contributed by atoms with E-state index in [4.69, 9.17) is 15.2 Å². The number of nitrogens with two attached hydrogens (primary N) is 1. The van der Waals surface area contributed by atoms with Crippen LogP contribution in [0.15, 0.2) is 12.1 Å². The number of esters is 1. The Morgan fingerprint density at radius 2 is 2.10 bits per heavy atom. The highest BCUT2D eigenvalue weighted by Crippen LogP contribution is 2.33. The van der Waals surface area contributed by atoms with Crippen LogP contribution in [0, 0.1) is 0 Å². The van der Waals surface area contributed by atoms with Gasteiger partial charge in [0.15, 0.2) is 0 Å². The molecule has 1 aliphatic carbocycles. The van der Waals surface area contributed by atoms with E-state index in [1.54, 1.807) is 7.11 Å². The van der Waals surface area contributed by atoms with Crippen LogP contribution in [-0.4, -0.2) is 25.7 Å². The molecule has 2 N–H and O–H groups in total. The van der Waals surface area contributed by atoms with Gasteiger partial charge in [-0.2, -0.15) is 0 Å². The third-order valence-electron chi connectivity index (χ3n) is 3.77. The first-order chi connectivity index (χ1) is 9.65. The molecule has 4 heteroatoms. The average molecular weight is 277 g/mol. The van der Waals surface area contributed by atoms with Crippen molar-refractivity contribution in [3.8, 4) is 5.75 Å². The van der Waals surface area contributed by atoms with Crippen LogP contribution in [0.25, 0.3) is 0 Å². The summed E-state index contributed by atoms with van der Waals surface area (Å²) in [6.45, 7) is 2.28. The Balaban J connectivity index is 2.03. The highest BCUT2D eigenvalue weighted by atomic mass is 16.5. The summed E-state index contributed by atoms with van der Waals surface area (Å²) in [5.74, 6) is 0.816. The van der Waals surface area contributed by atoms with E-state index < -0.39 is 0 Å². The molecule has 0 heterocycles. The smallest absolute Gasteiger partial charge is 0.305 e. The van der Waals surface area contributed by atoms with Crippen LogP contribution in [0.1, 0.15) is 36.5 Å². The monoisotopic (exact) mass is 277 g/mol. The largest absolute Gasteiger partial charge is 0.496 e. The quantitative estimate of drug-likeness (QED) is 0.808. The van der Waals surface area contributed by atoms with Gasteiger partial charge in [0.05, 0.1) is 13.7 Å². The van der Waals surface area contributed by atoms with Crippen LogP contribution in [0.4, 0.5) is 0 Å². The number of fused-ring (bicyclic) bond motifs is 1. The molecule has 4 nitrogen and oxygen atoms in total. The summed E-state index contributed by atoms with van der Waals surface area (Å²) in [5, 5.41) is 0. The number of benzene rings is 1. The van der Waals surface area contributed by atoms with Gasteiger partial charge < -0.3 is 15.2 Å². The molecule has 0 bridgehead atoms. The lowest BCUT2D eigenvalue weighted by atomic mass is 9.98. The summed E-state index contributed by atoms with van der Waals surface area (Å²) >= 11 is 0. The number of methoxy groups -OCH3 is 1. The standard InChI is InChI=1S/C16H23NO3/c1-3-20-16(18)6-4-5-11-7-8-15(19-2)14-10-12(17)9-13(11)14/h7-8,12H,3-6,9-10,17H2,1-2H3. The predicted molar refractivity (Wildman–Crippen MR) is 77.9 cm³/mol. The van der Waals surface area contributed by atoms with Crippen molar-refractivity contribution in [2.45, 2.75) is 45.1 Å². The van der Waals surface area contributed by atoms with E-state index in [9.17, 15) is 4.79 Å². The normalized spacial score (nSPS) is 16.9. The third kappa shape index (κ3) is 3.31. The maximum Gasteiger partial charge on any atom is 0.305 e. The molecule has 0 aliphatic heterocycles. The van der Waals surface area contributed by atoms with Gasteiger partial charge in [0.25, 0.3) is 0 Å². The van der Waals surface area contributed by atoms with Crippen LogP contribution >= 0.6 is 0 Å². The molecular formula is C16H23NO3.